The lowest BCUT2D eigenvalue weighted by Crippen LogP contribution is -2.06. The molecule has 2 aromatic heterocycles. The standard InChI is InChI=1S/C32H24O6/c1-17-9-12-22-21(29(17)24-13-19-7-5-6-8-26(19)37-31(24)33)11-10-18(2)30(22)25-16-23-27(36-4)14-20(35-3)15-28(23)38-32(25)34/h5-16H,1-4H3. The maximum atomic E-state index is 13.3. The number of methoxy groups -OCH3 is 2. The summed E-state index contributed by atoms with van der Waals surface area (Å²) in [5.74, 6) is 1.06. The molecular weight excluding hydrogens is 480 g/mol. The maximum absolute atomic E-state index is 13.3. The molecular formula is C32H24O6. The molecule has 6 nitrogen and oxygen atoms in total. The van der Waals surface area contributed by atoms with E-state index in [1.807, 2.05) is 62.4 Å². The third kappa shape index (κ3) is 3.65. The predicted octanol–water partition coefficient (Wildman–Crippen LogP) is 7.02. The first-order chi connectivity index (χ1) is 18.4. The fourth-order valence-corrected chi connectivity index (χ4v) is 5.20. The van der Waals surface area contributed by atoms with E-state index >= 15 is 0 Å². The lowest BCUT2D eigenvalue weighted by molar-refractivity contribution is 0.396. The molecule has 188 valence electrons. The first-order valence-corrected chi connectivity index (χ1v) is 12.2. The third-order valence-corrected chi connectivity index (χ3v) is 7.04. The van der Waals surface area contributed by atoms with Crippen molar-refractivity contribution in [2.75, 3.05) is 14.2 Å². The largest absolute Gasteiger partial charge is 0.496 e. The summed E-state index contributed by atoms with van der Waals surface area (Å²) in [6, 6.07) is 22.4. The van der Waals surface area contributed by atoms with Crippen LogP contribution in [0.2, 0.25) is 0 Å². The highest BCUT2D eigenvalue weighted by Crippen LogP contribution is 2.39. The Morgan fingerprint density at radius 1 is 0.605 bits per heavy atom. The van der Waals surface area contributed by atoms with Crippen molar-refractivity contribution in [3.8, 4) is 33.8 Å². The van der Waals surface area contributed by atoms with E-state index < -0.39 is 11.3 Å². The molecule has 0 N–H and O–H groups in total. The third-order valence-electron chi connectivity index (χ3n) is 7.04. The second-order valence-corrected chi connectivity index (χ2v) is 9.28. The van der Waals surface area contributed by atoms with Gasteiger partial charge in [0.15, 0.2) is 0 Å². The topological polar surface area (TPSA) is 78.9 Å². The average molecular weight is 505 g/mol. The molecule has 6 rings (SSSR count). The molecule has 0 aliphatic carbocycles. The lowest BCUT2D eigenvalue weighted by atomic mass is 9.88. The minimum absolute atomic E-state index is 0.373. The fraction of sp³-hybridized carbons (Fsp3) is 0.125. The van der Waals surface area contributed by atoms with Gasteiger partial charge < -0.3 is 18.3 Å². The van der Waals surface area contributed by atoms with E-state index in [9.17, 15) is 9.59 Å². The highest BCUT2D eigenvalue weighted by atomic mass is 16.5. The number of fused-ring (bicyclic) bond motifs is 3. The molecule has 0 unspecified atom stereocenters. The molecule has 0 saturated carbocycles. The van der Waals surface area contributed by atoms with Crippen LogP contribution in [0.25, 0.3) is 55.0 Å². The van der Waals surface area contributed by atoms with Gasteiger partial charge in [-0.2, -0.15) is 0 Å². The van der Waals surface area contributed by atoms with E-state index in [4.69, 9.17) is 18.3 Å². The quantitative estimate of drug-likeness (QED) is 0.240. The van der Waals surface area contributed by atoms with Crippen molar-refractivity contribution in [1.29, 1.82) is 0 Å². The summed E-state index contributed by atoms with van der Waals surface area (Å²) in [6.07, 6.45) is 0. The Kier molecular flexibility index (Phi) is 5.53. The number of para-hydroxylation sites is 1. The van der Waals surface area contributed by atoms with Crippen LogP contribution in [0.3, 0.4) is 0 Å². The molecule has 0 fully saturated rings. The zero-order valence-corrected chi connectivity index (χ0v) is 21.4. The summed E-state index contributed by atoms with van der Waals surface area (Å²) in [4.78, 5) is 26.5. The van der Waals surface area contributed by atoms with Crippen molar-refractivity contribution in [2.24, 2.45) is 0 Å². The normalized spacial score (nSPS) is 11.4. The Morgan fingerprint density at radius 2 is 1.21 bits per heavy atom. The second-order valence-electron chi connectivity index (χ2n) is 9.28. The number of ether oxygens (including phenoxy) is 2. The van der Waals surface area contributed by atoms with Gasteiger partial charge in [0.2, 0.25) is 0 Å². The van der Waals surface area contributed by atoms with Crippen LogP contribution >= 0.6 is 0 Å². The number of benzene rings is 4. The molecule has 0 spiro atoms. The Bertz CT molecular complexity index is 2010. The molecule has 6 aromatic rings. The summed E-state index contributed by atoms with van der Waals surface area (Å²) in [5.41, 5.74) is 4.24. The van der Waals surface area contributed by atoms with E-state index in [1.54, 1.807) is 38.5 Å². The summed E-state index contributed by atoms with van der Waals surface area (Å²) in [7, 11) is 3.11. The Hall–Kier alpha value is -4.84. The summed E-state index contributed by atoms with van der Waals surface area (Å²) in [6.45, 7) is 3.92. The zero-order valence-electron chi connectivity index (χ0n) is 21.4. The highest BCUT2D eigenvalue weighted by Gasteiger charge is 2.20. The molecule has 4 aromatic carbocycles. The van der Waals surface area contributed by atoms with Crippen molar-refractivity contribution in [3.05, 3.63) is 105 Å². The van der Waals surface area contributed by atoms with Crippen LogP contribution in [0, 0.1) is 13.8 Å². The Labute approximate surface area is 217 Å². The number of hydrogen-bond donors (Lipinski definition) is 0. The SMILES string of the molecule is COc1cc(OC)c2cc(-c3c(C)ccc4c(-c5cc6ccccc6oc5=O)c(C)ccc34)c(=O)oc2c1. The van der Waals surface area contributed by atoms with E-state index in [1.165, 1.54) is 0 Å². The highest BCUT2D eigenvalue weighted by molar-refractivity contribution is 6.07. The van der Waals surface area contributed by atoms with Crippen LogP contribution in [0.5, 0.6) is 11.5 Å². The Morgan fingerprint density at radius 3 is 1.84 bits per heavy atom. The maximum Gasteiger partial charge on any atom is 0.344 e. The molecule has 0 radical (unpaired) electrons. The Balaban J connectivity index is 1.67. The van der Waals surface area contributed by atoms with Gasteiger partial charge >= 0.3 is 11.3 Å². The van der Waals surface area contributed by atoms with Gasteiger partial charge in [0.05, 0.1) is 30.7 Å². The summed E-state index contributed by atoms with van der Waals surface area (Å²) >= 11 is 0. The predicted molar refractivity (Wildman–Crippen MR) is 149 cm³/mol. The van der Waals surface area contributed by atoms with Gasteiger partial charge in [-0.15, -0.1) is 0 Å². The van der Waals surface area contributed by atoms with E-state index in [0.29, 0.717) is 39.2 Å². The molecule has 0 aliphatic heterocycles. The van der Waals surface area contributed by atoms with Crippen molar-refractivity contribution in [3.63, 3.8) is 0 Å². The first-order valence-electron chi connectivity index (χ1n) is 12.2. The first kappa shape index (κ1) is 23.6. The van der Waals surface area contributed by atoms with Crippen molar-refractivity contribution >= 4 is 32.7 Å². The summed E-state index contributed by atoms with van der Waals surface area (Å²) < 4.78 is 22.3. The number of rotatable bonds is 4. The zero-order chi connectivity index (χ0) is 26.6. The van der Waals surface area contributed by atoms with Crippen LogP contribution in [0.4, 0.5) is 0 Å². The van der Waals surface area contributed by atoms with Gasteiger partial charge in [0.25, 0.3) is 0 Å². The van der Waals surface area contributed by atoms with Gasteiger partial charge in [0, 0.05) is 17.5 Å². The van der Waals surface area contributed by atoms with Crippen LogP contribution in [-0.2, 0) is 0 Å². The van der Waals surface area contributed by atoms with Crippen LogP contribution < -0.4 is 20.7 Å². The van der Waals surface area contributed by atoms with Crippen LogP contribution in [0.1, 0.15) is 11.1 Å². The molecule has 0 aliphatic rings. The number of hydrogen-bond acceptors (Lipinski definition) is 6. The average Bonchev–Trinajstić information content (AvgIpc) is 2.92. The van der Waals surface area contributed by atoms with E-state index in [0.717, 1.165) is 38.4 Å². The van der Waals surface area contributed by atoms with Crippen molar-refractivity contribution in [2.45, 2.75) is 13.8 Å². The van der Waals surface area contributed by atoms with Gasteiger partial charge in [-0.05, 0) is 65.1 Å². The van der Waals surface area contributed by atoms with Crippen LogP contribution in [-0.4, -0.2) is 14.2 Å². The van der Waals surface area contributed by atoms with Gasteiger partial charge in [0.1, 0.15) is 22.7 Å². The molecule has 0 amide bonds. The molecule has 0 bridgehead atoms. The summed E-state index contributed by atoms with van der Waals surface area (Å²) in [5, 5.41) is 3.16. The van der Waals surface area contributed by atoms with Gasteiger partial charge in [-0.1, -0.05) is 42.5 Å². The van der Waals surface area contributed by atoms with Gasteiger partial charge in [-0.25, -0.2) is 9.59 Å². The lowest BCUT2D eigenvalue weighted by Gasteiger charge is -2.16. The van der Waals surface area contributed by atoms with Crippen LogP contribution in [0.15, 0.2) is 91.2 Å². The van der Waals surface area contributed by atoms with Gasteiger partial charge in [-0.3, -0.25) is 0 Å². The monoisotopic (exact) mass is 504 g/mol. The molecule has 0 saturated heterocycles. The van der Waals surface area contributed by atoms with E-state index in [2.05, 4.69) is 0 Å². The molecule has 2 heterocycles. The molecule has 38 heavy (non-hydrogen) atoms. The van der Waals surface area contributed by atoms with Crippen molar-refractivity contribution in [1.82, 2.24) is 0 Å². The smallest absolute Gasteiger partial charge is 0.344 e. The fourth-order valence-electron chi connectivity index (χ4n) is 5.20. The minimum Gasteiger partial charge on any atom is -0.496 e. The molecule has 6 heteroatoms. The van der Waals surface area contributed by atoms with Crippen molar-refractivity contribution < 1.29 is 18.3 Å². The number of aryl methyl sites for hydroxylation is 2. The van der Waals surface area contributed by atoms with E-state index in [-0.39, 0.29) is 0 Å². The second kappa shape index (κ2) is 8.92. The molecule has 0 atom stereocenters. The minimum atomic E-state index is -0.476.